The van der Waals surface area contributed by atoms with E-state index in [-0.39, 0.29) is 13.4 Å². The van der Waals surface area contributed by atoms with E-state index in [1.807, 2.05) is 19.2 Å². The summed E-state index contributed by atoms with van der Waals surface area (Å²) in [6.07, 6.45) is 2.74. The highest BCUT2D eigenvalue weighted by atomic mass is 16.7. The van der Waals surface area contributed by atoms with Crippen molar-refractivity contribution >= 4 is 0 Å². The second-order valence-electron chi connectivity index (χ2n) is 4.48. The minimum atomic E-state index is 0.245. The molecule has 5 heteroatoms. The number of aliphatic hydroxyl groups is 1. The largest absolute Gasteiger partial charge is 0.493 e. The highest BCUT2D eigenvalue weighted by Gasteiger charge is 2.17. The van der Waals surface area contributed by atoms with Gasteiger partial charge in [-0.2, -0.15) is 0 Å². The van der Waals surface area contributed by atoms with Gasteiger partial charge in [-0.3, -0.25) is 0 Å². The second-order valence-corrected chi connectivity index (χ2v) is 4.48. The van der Waals surface area contributed by atoms with Gasteiger partial charge in [-0.25, -0.2) is 0 Å². The molecule has 2 rings (SSSR count). The fourth-order valence-corrected chi connectivity index (χ4v) is 2.00. The normalized spacial score (nSPS) is 12.7. The fourth-order valence-electron chi connectivity index (χ4n) is 2.00. The molecule has 0 fully saturated rings. The summed E-state index contributed by atoms with van der Waals surface area (Å²) in [4.78, 5) is 0. The zero-order valence-corrected chi connectivity index (χ0v) is 11.3. The molecule has 0 saturated heterocycles. The van der Waals surface area contributed by atoms with Gasteiger partial charge in [-0.1, -0.05) is 0 Å². The van der Waals surface area contributed by atoms with Crippen molar-refractivity contribution in [3.8, 4) is 17.2 Å². The maximum atomic E-state index is 8.72. The number of fused-ring (bicyclic) bond motifs is 1. The van der Waals surface area contributed by atoms with E-state index in [9.17, 15) is 0 Å². The van der Waals surface area contributed by atoms with E-state index in [1.165, 1.54) is 0 Å². The van der Waals surface area contributed by atoms with Gasteiger partial charge in [0, 0.05) is 24.8 Å². The van der Waals surface area contributed by atoms with Gasteiger partial charge < -0.3 is 24.6 Å². The van der Waals surface area contributed by atoms with Gasteiger partial charge in [0.2, 0.25) is 6.79 Å². The van der Waals surface area contributed by atoms with Crippen molar-refractivity contribution in [2.45, 2.75) is 25.8 Å². The lowest BCUT2D eigenvalue weighted by Crippen LogP contribution is -2.08. The molecule has 0 radical (unpaired) electrons. The molecule has 1 heterocycles. The van der Waals surface area contributed by atoms with E-state index in [4.69, 9.17) is 19.3 Å². The van der Waals surface area contributed by atoms with Crippen molar-refractivity contribution in [1.82, 2.24) is 5.32 Å². The topological polar surface area (TPSA) is 60.0 Å². The molecular formula is C14H21NO4. The molecule has 5 nitrogen and oxygen atoms in total. The lowest BCUT2D eigenvalue weighted by molar-refractivity contribution is 0.173. The van der Waals surface area contributed by atoms with Crippen LogP contribution in [0.3, 0.4) is 0 Å². The van der Waals surface area contributed by atoms with Crippen molar-refractivity contribution in [3.63, 3.8) is 0 Å². The average molecular weight is 267 g/mol. The predicted molar refractivity (Wildman–Crippen MR) is 71.8 cm³/mol. The molecule has 19 heavy (non-hydrogen) atoms. The van der Waals surface area contributed by atoms with Crippen LogP contribution in [0.15, 0.2) is 12.1 Å². The molecule has 0 aromatic heterocycles. The van der Waals surface area contributed by atoms with Crippen LogP contribution in [0.4, 0.5) is 0 Å². The molecule has 106 valence electrons. The molecule has 1 aliphatic rings. The third-order valence-corrected chi connectivity index (χ3v) is 2.98. The van der Waals surface area contributed by atoms with Gasteiger partial charge in [0.1, 0.15) is 5.75 Å². The number of rotatable bonds is 8. The van der Waals surface area contributed by atoms with Crippen LogP contribution in [0.25, 0.3) is 0 Å². The van der Waals surface area contributed by atoms with Crippen LogP contribution < -0.4 is 19.5 Å². The number of aliphatic hydroxyl groups excluding tert-OH is 1. The molecule has 0 aliphatic carbocycles. The van der Waals surface area contributed by atoms with Crippen molar-refractivity contribution in [2.75, 3.05) is 27.1 Å². The summed E-state index contributed by atoms with van der Waals surface area (Å²) >= 11 is 0. The highest BCUT2D eigenvalue weighted by Crippen LogP contribution is 2.38. The Labute approximate surface area is 113 Å². The number of ether oxygens (including phenoxy) is 3. The van der Waals surface area contributed by atoms with Gasteiger partial charge in [0.15, 0.2) is 11.5 Å². The summed E-state index contributed by atoms with van der Waals surface area (Å²) in [7, 11) is 1.90. The molecule has 1 aromatic carbocycles. The molecule has 1 aromatic rings. The maximum Gasteiger partial charge on any atom is 0.231 e. The van der Waals surface area contributed by atoms with Crippen molar-refractivity contribution in [1.29, 1.82) is 0 Å². The molecular weight excluding hydrogens is 246 g/mol. The van der Waals surface area contributed by atoms with E-state index < -0.39 is 0 Å². The van der Waals surface area contributed by atoms with Gasteiger partial charge in [0.05, 0.1) is 6.61 Å². The summed E-state index contributed by atoms with van der Waals surface area (Å²) in [6.45, 7) is 1.89. The summed E-state index contributed by atoms with van der Waals surface area (Å²) < 4.78 is 16.5. The first kappa shape index (κ1) is 14.0. The summed E-state index contributed by atoms with van der Waals surface area (Å²) in [5, 5.41) is 11.8. The molecule has 0 amide bonds. The van der Waals surface area contributed by atoms with Crippen LogP contribution in [0.1, 0.15) is 24.8 Å². The molecule has 2 N–H and O–H groups in total. The van der Waals surface area contributed by atoms with E-state index in [0.29, 0.717) is 6.61 Å². The molecule has 0 unspecified atom stereocenters. The third-order valence-electron chi connectivity index (χ3n) is 2.98. The quantitative estimate of drug-likeness (QED) is 0.702. The Morgan fingerprint density at radius 1 is 1.21 bits per heavy atom. The van der Waals surface area contributed by atoms with Gasteiger partial charge in [0.25, 0.3) is 0 Å². The average Bonchev–Trinajstić information content (AvgIpc) is 2.86. The summed E-state index contributed by atoms with van der Waals surface area (Å²) in [6, 6.07) is 3.85. The van der Waals surface area contributed by atoms with Crippen molar-refractivity contribution < 1.29 is 19.3 Å². The van der Waals surface area contributed by atoms with Crippen molar-refractivity contribution in [3.05, 3.63) is 17.7 Å². The number of hydrogen-bond donors (Lipinski definition) is 2. The zero-order chi connectivity index (χ0) is 13.5. The molecule has 0 spiro atoms. The first-order valence-corrected chi connectivity index (χ1v) is 6.66. The van der Waals surface area contributed by atoms with Gasteiger partial charge in [-0.15, -0.1) is 0 Å². The third kappa shape index (κ3) is 3.75. The van der Waals surface area contributed by atoms with Gasteiger partial charge >= 0.3 is 0 Å². The first-order chi connectivity index (χ1) is 9.35. The number of nitrogens with one attached hydrogen (secondary N) is 1. The molecule has 0 atom stereocenters. The van der Waals surface area contributed by atoms with Crippen molar-refractivity contribution in [2.24, 2.45) is 0 Å². The Kier molecular flexibility index (Phi) is 5.30. The Hall–Kier alpha value is -1.46. The Bertz CT molecular complexity index is 409. The maximum absolute atomic E-state index is 8.72. The minimum absolute atomic E-state index is 0.245. The number of benzene rings is 1. The second kappa shape index (κ2) is 7.21. The summed E-state index contributed by atoms with van der Waals surface area (Å²) in [5.74, 6) is 2.35. The number of unbranched alkanes of at least 4 members (excludes halogenated alkanes) is 2. The lowest BCUT2D eigenvalue weighted by atomic mass is 10.1. The predicted octanol–water partition coefficient (Wildman–Crippen LogP) is 1.68. The fraction of sp³-hybridized carbons (Fsp3) is 0.571. The van der Waals surface area contributed by atoms with Crippen LogP contribution in [-0.2, 0) is 6.54 Å². The van der Waals surface area contributed by atoms with Crippen LogP contribution in [0.5, 0.6) is 17.2 Å². The van der Waals surface area contributed by atoms with Crippen LogP contribution in [0.2, 0.25) is 0 Å². The first-order valence-electron chi connectivity index (χ1n) is 6.66. The van der Waals surface area contributed by atoms with E-state index in [0.717, 1.165) is 48.6 Å². The molecule has 1 aliphatic heterocycles. The van der Waals surface area contributed by atoms with E-state index >= 15 is 0 Å². The monoisotopic (exact) mass is 267 g/mol. The van der Waals surface area contributed by atoms with E-state index in [2.05, 4.69) is 5.32 Å². The standard InChI is InChI=1S/C14H21NO4/c1-15-9-11-7-13-14(19-10-18-13)8-12(11)17-6-4-2-3-5-16/h7-8,15-16H,2-6,9-10H2,1H3. The Morgan fingerprint density at radius 3 is 2.74 bits per heavy atom. The summed E-state index contributed by atoms with van der Waals surface area (Å²) in [5.41, 5.74) is 1.06. The minimum Gasteiger partial charge on any atom is -0.493 e. The van der Waals surface area contributed by atoms with E-state index in [1.54, 1.807) is 0 Å². The molecule has 0 bridgehead atoms. The SMILES string of the molecule is CNCc1cc2c(cc1OCCCCCO)OCO2. The van der Waals surface area contributed by atoms with Gasteiger partial charge in [-0.05, 0) is 32.4 Å². The number of hydrogen-bond acceptors (Lipinski definition) is 5. The zero-order valence-electron chi connectivity index (χ0n) is 11.3. The van der Waals surface area contributed by atoms with Crippen LogP contribution in [-0.4, -0.2) is 32.2 Å². The Morgan fingerprint density at radius 2 is 2.00 bits per heavy atom. The van der Waals surface area contributed by atoms with Crippen LogP contribution >= 0.6 is 0 Å². The smallest absolute Gasteiger partial charge is 0.231 e. The Balaban J connectivity index is 1.97. The molecule has 0 saturated carbocycles. The van der Waals surface area contributed by atoms with Crippen LogP contribution in [0, 0.1) is 0 Å². The lowest BCUT2D eigenvalue weighted by Gasteiger charge is -2.12. The highest BCUT2D eigenvalue weighted by molar-refractivity contribution is 5.51.